The molecule has 3 nitrogen and oxygen atoms in total. The van der Waals surface area contributed by atoms with Crippen LogP contribution in [0.2, 0.25) is 0 Å². The summed E-state index contributed by atoms with van der Waals surface area (Å²) in [5.74, 6) is 0. The first-order chi connectivity index (χ1) is 4.48. The van der Waals surface area contributed by atoms with Crippen LogP contribution in [0.5, 0.6) is 0 Å². The van der Waals surface area contributed by atoms with Gasteiger partial charge in [-0.05, 0) is 27.7 Å². The van der Waals surface area contributed by atoms with Gasteiger partial charge in [0.2, 0.25) is 0 Å². The minimum absolute atomic E-state index is 0.174. The second kappa shape index (κ2) is 3.31. The zero-order valence-corrected chi connectivity index (χ0v) is 6.92. The topological polar surface area (TPSA) is 48.5 Å². The van der Waals surface area contributed by atoms with E-state index in [0.29, 0.717) is 0 Å². The molecule has 0 heterocycles. The number of hydrogen-bond acceptors (Lipinski definition) is 3. The Morgan fingerprint density at radius 2 is 1.90 bits per heavy atom. The van der Waals surface area contributed by atoms with Crippen LogP contribution in [0.25, 0.3) is 0 Å². The molecule has 0 radical (unpaired) electrons. The Labute approximate surface area is 61.8 Å². The van der Waals surface area contributed by atoms with Crippen LogP contribution < -0.4 is 0 Å². The van der Waals surface area contributed by atoms with E-state index >= 15 is 0 Å². The number of rotatable bonds is 2. The Kier molecular flexibility index (Phi) is 3.01. The number of hydrogen-bond donors (Lipinski definition) is 0. The smallest absolute Gasteiger partial charge is 0.161 e. The molecule has 0 aromatic carbocycles. The summed E-state index contributed by atoms with van der Waals surface area (Å²) in [6.07, 6.45) is 0. The molecule has 0 spiro atoms. The van der Waals surface area contributed by atoms with Gasteiger partial charge in [-0.2, -0.15) is 15.5 Å². The maximum Gasteiger partial charge on any atom is 0.161 e. The van der Waals surface area contributed by atoms with E-state index in [1.807, 2.05) is 19.9 Å². The molecule has 0 atom stereocenters. The Bertz CT molecular complexity index is 162. The van der Waals surface area contributed by atoms with Crippen molar-refractivity contribution >= 4 is 0 Å². The lowest BCUT2D eigenvalue weighted by molar-refractivity contribution is 0.589. The molecule has 0 unspecified atom stereocenters. The molecule has 10 heavy (non-hydrogen) atoms. The summed E-state index contributed by atoms with van der Waals surface area (Å²) in [5.41, 5.74) is -0.662. The Balaban J connectivity index is 4.03. The lowest BCUT2D eigenvalue weighted by Crippen LogP contribution is -2.12. The lowest BCUT2D eigenvalue weighted by atomic mass is 10.1. The quantitative estimate of drug-likeness (QED) is 0.541. The van der Waals surface area contributed by atoms with Crippen molar-refractivity contribution in [2.24, 2.45) is 10.2 Å². The van der Waals surface area contributed by atoms with Gasteiger partial charge in [0, 0.05) is 0 Å². The van der Waals surface area contributed by atoms with Crippen molar-refractivity contribution in [1.29, 1.82) is 5.26 Å². The first kappa shape index (κ1) is 9.09. The SMILES string of the molecule is CC(C)/N=N/C(C)(C)C#N. The summed E-state index contributed by atoms with van der Waals surface area (Å²) >= 11 is 0. The molecule has 56 valence electrons. The van der Waals surface area contributed by atoms with Crippen LogP contribution in [0.1, 0.15) is 27.7 Å². The van der Waals surface area contributed by atoms with Crippen LogP contribution in [0.15, 0.2) is 10.2 Å². The highest BCUT2D eigenvalue weighted by Crippen LogP contribution is 2.07. The number of azo groups is 1. The van der Waals surface area contributed by atoms with E-state index in [0.717, 1.165) is 0 Å². The van der Waals surface area contributed by atoms with Crippen LogP contribution in [0.3, 0.4) is 0 Å². The zero-order chi connectivity index (χ0) is 8.20. The van der Waals surface area contributed by atoms with Crippen LogP contribution in [0.4, 0.5) is 0 Å². The molecule has 0 saturated heterocycles. The van der Waals surface area contributed by atoms with Crippen molar-refractivity contribution in [3.8, 4) is 6.07 Å². The monoisotopic (exact) mass is 139 g/mol. The van der Waals surface area contributed by atoms with E-state index in [4.69, 9.17) is 5.26 Å². The molecular formula is C7H13N3. The van der Waals surface area contributed by atoms with Crippen molar-refractivity contribution < 1.29 is 0 Å². The maximum absolute atomic E-state index is 8.50. The maximum atomic E-state index is 8.50. The van der Waals surface area contributed by atoms with Gasteiger partial charge in [-0.1, -0.05) is 0 Å². The van der Waals surface area contributed by atoms with Crippen LogP contribution in [-0.4, -0.2) is 11.6 Å². The van der Waals surface area contributed by atoms with Gasteiger partial charge in [0.25, 0.3) is 0 Å². The second-order valence-electron chi connectivity index (χ2n) is 2.98. The normalized spacial score (nSPS) is 12.4. The highest BCUT2D eigenvalue weighted by Gasteiger charge is 2.13. The van der Waals surface area contributed by atoms with Gasteiger partial charge in [0.1, 0.15) is 0 Å². The number of nitriles is 1. The summed E-state index contributed by atoms with van der Waals surface area (Å²) < 4.78 is 0. The molecule has 0 N–H and O–H groups in total. The predicted octanol–water partition coefficient (Wildman–Crippen LogP) is 2.15. The molecule has 0 aromatic heterocycles. The fourth-order valence-electron chi connectivity index (χ4n) is 0.282. The van der Waals surface area contributed by atoms with Crippen molar-refractivity contribution in [1.82, 2.24) is 0 Å². The molecule has 0 aromatic rings. The third-order valence-electron chi connectivity index (χ3n) is 0.812. The summed E-state index contributed by atoms with van der Waals surface area (Å²) in [7, 11) is 0. The van der Waals surface area contributed by atoms with E-state index in [-0.39, 0.29) is 6.04 Å². The van der Waals surface area contributed by atoms with E-state index in [1.54, 1.807) is 13.8 Å². The van der Waals surface area contributed by atoms with Crippen LogP contribution >= 0.6 is 0 Å². The third-order valence-corrected chi connectivity index (χ3v) is 0.812. The van der Waals surface area contributed by atoms with Gasteiger partial charge >= 0.3 is 0 Å². The first-order valence-corrected chi connectivity index (χ1v) is 3.31. The molecule has 0 aliphatic rings. The third kappa shape index (κ3) is 4.02. The zero-order valence-electron chi connectivity index (χ0n) is 6.92. The van der Waals surface area contributed by atoms with E-state index in [9.17, 15) is 0 Å². The summed E-state index contributed by atoms with van der Waals surface area (Å²) in [6.45, 7) is 7.33. The molecule has 0 aliphatic carbocycles. The van der Waals surface area contributed by atoms with Gasteiger partial charge in [0.15, 0.2) is 5.54 Å². The van der Waals surface area contributed by atoms with Gasteiger partial charge < -0.3 is 0 Å². The van der Waals surface area contributed by atoms with E-state index in [1.165, 1.54) is 0 Å². The highest BCUT2D eigenvalue weighted by molar-refractivity contribution is 4.99. The minimum atomic E-state index is -0.662. The van der Waals surface area contributed by atoms with E-state index in [2.05, 4.69) is 10.2 Å². The average Bonchev–Trinajstić information content (AvgIpc) is 1.85. The molecular weight excluding hydrogens is 126 g/mol. The van der Waals surface area contributed by atoms with Gasteiger partial charge in [-0.15, -0.1) is 0 Å². The van der Waals surface area contributed by atoms with Crippen molar-refractivity contribution in [3.63, 3.8) is 0 Å². The molecule has 0 saturated carbocycles. The fraction of sp³-hybridized carbons (Fsp3) is 0.857. The molecule has 0 aliphatic heterocycles. The largest absolute Gasteiger partial charge is 0.196 e. The second-order valence-corrected chi connectivity index (χ2v) is 2.98. The Hall–Kier alpha value is -0.910. The minimum Gasteiger partial charge on any atom is -0.196 e. The predicted molar refractivity (Wildman–Crippen MR) is 39.7 cm³/mol. The highest BCUT2D eigenvalue weighted by atomic mass is 15.2. The van der Waals surface area contributed by atoms with Crippen molar-refractivity contribution in [2.75, 3.05) is 0 Å². The van der Waals surface area contributed by atoms with E-state index < -0.39 is 5.54 Å². The molecule has 3 heteroatoms. The van der Waals surface area contributed by atoms with Crippen molar-refractivity contribution in [2.45, 2.75) is 39.3 Å². The molecule has 0 fully saturated rings. The van der Waals surface area contributed by atoms with Gasteiger partial charge in [0.05, 0.1) is 12.1 Å². The molecule has 0 amide bonds. The first-order valence-electron chi connectivity index (χ1n) is 3.31. The lowest BCUT2D eigenvalue weighted by Gasteiger charge is -2.06. The van der Waals surface area contributed by atoms with Crippen LogP contribution in [-0.2, 0) is 0 Å². The summed E-state index contributed by atoms with van der Waals surface area (Å²) in [6, 6.07) is 2.21. The Morgan fingerprint density at radius 1 is 1.40 bits per heavy atom. The average molecular weight is 139 g/mol. The fourth-order valence-corrected chi connectivity index (χ4v) is 0.282. The standard InChI is InChI=1S/C7H13N3/c1-6(2)9-10-7(3,4)5-8/h6H,1-4H3/b10-9+. The van der Waals surface area contributed by atoms with Gasteiger partial charge in [-0.3, -0.25) is 0 Å². The molecule has 0 bridgehead atoms. The Morgan fingerprint density at radius 3 is 2.20 bits per heavy atom. The summed E-state index contributed by atoms with van der Waals surface area (Å²) in [5, 5.41) is 16.2. The van der Waals surface area contributed by atoms with Crippen LogP contribution in [0, 0.1) is 11.3 Å². The summed E-state index contributed by atoms with van der Waals surface area (Å²) in [4.78, 5) is 0. The molecule has 0 rings (SSSR count). The van der Waals surface area contributed by atoms with Crippen molar-refractivity contribution in [3.05, 3.63) is 0 Å². The van der Waals surface area contributed by atoms with Gasteiger partial charge in [-0.25, -0.2) is 0 Å². The number of nitrogens with zero attached hydrogens (tertiary/aromatic N) is 3.